The van der Waals surface area contributed by atoms with Crippen LogP contribution >= 0.6 is 0 Å². The van der Waals surface area contributed by atoms with Gasteiger partial charge in [-0.05, 0) is 18.8 Å². The molecule has 2 unspecified atom stereocenters. The van der Waals surface area contributed by atoms with Crippen molar-refractivity contribution in [1.29, 1.82) is 0 Å². The van der Waals surface area contributed by atoms with Crippen molar-refractivity contribution < 1.29 is 4.74 Å². The van der Waals surface area contributed by atoms with Gasteiger partial charge in [-0.1, -0.05) is 41.0 Å². The second-order valence-corrected chi connectivity index (χ2v) is 2.68. The predicted molar refractivity (Wildman–Crippen MR) is 56.5 cm³/mol. The Labute approximate surface area is 78.5 Å². The summed E-state index contributed by atoms with van der Waals surface area (Å²) in [6, 6.07) is 0. The smallest absolute Gasteiger partial charge is 0.0596 e. The fourth-order valence-corrected chi connectivity index (χ4v) is 1.46. The molecule has 0 aliphatic heterocycles. The second kappa shape index (κ2) is 11.0. The van der Waals surface area contributed by atoms with Gasteiger partial charge in [0.25, 0.3) is 0 Å². The first-order valence-electron chi connectivity index (χ1n) is 5.37. The van der Waals surface area contributed by atoms with Gasteiger partial charge in [-0.3, -0.25) is 0 Å². The number of hydrogen-bond donors (Lipinski definition) is 0. The number of rotatable bonds is 1. The van der Waals surface area contributed by atoms with E-state index in [2.05, 4.69) is 6.92 Å². The van der Waals surface area contributed by atoms with Gasteiger partial charge >= 0.3 is 0 Å². The van der Waals surface area contributed by atoms with Gasteiger partial charge in [0, 0.05) is 7.11 Å². The molecule has 0 spiro atoms. The molecule has 1 fully saturated rings. The van der Waals surface area contributed by atoms with Crippen LogP contribution in [-0.2, 0) is 4.74 Å². The number of methoxy groups -OCH3 is 1. The zero-order valence-electron chi connectivity index (χ0n) is 9.68. The normalized spacial score (nSPS) is 26.5. The predicted octanol–water partition coefficient (Wildman–Crippen LogP) is 3.87. The van der Waals surface area contributed by atoms with Crippen molar-refractivity contribution in [3.8, 4) is 0 Å². The SMILES string of the molecule is CC.CC.COC1CCCC1C. The second-order valence-electron chi connectivity index (χ2n) is 2.68. The van der Waals surface area contributed by atoms with Gasteiger partial charge in [-0.2, -0.15) is 0 Å². The van der Waals surface area contributed by atoms with Gasteiger partial charge in [-0.25, -0.2) is 0 Å². The fourth-order valence-electron chi connectivity index (χ4n) is 1.46. The summed E-state index contributed by atoms with van der Waals surface area (Å²) in [4.78, 5) is 0. The first-order valence-corrected chi connectivity index (χ1v) is 5.37. The largest absolute Gasteiger partial charge is 0.381 e. The lowest BCUT2D eigenvalue weighted by molar-refractivity contribution is 0.0775. The molecule has 1 aliphatic carbocycles. The molecule has 0 amide bonds. The summed E-state index contributed by atoms with van der Waals surface area (Å²) in [5.41, 5.74) is 0. The third kappa shape index (κ3) is 5.59. The van der Waals surface area contributed by atoms with Crippen LogP contribution in [0.4, 0.5) is 0 Å². The zero-order chi connectivity index (χ0) is 9.98. The van der Waals surface area contributed by atoms with Gasteiger partial charge < -0.3 is 4.74 Å². The van der Waals surface area contributed by atoms with Crippen LogP contribution in [-0.4, -0.2) is 13.2 Å². The average Bonchev–Trinajstić information content (AvgIpc) is 2.58. The number of hydrogen-bond acceptors (Lipinski definition) is 1. The molecule has 0 N–H and O–H groups in total. The van der Waals surface area contributed by atoms with E-state index in [-0.39, 0.29) is 0 Å². The van der Waals surface area contributed by atoms with Crippen LogP contribution in [0, 0.1) is 5.92 Å². The van der Waals surface area contributed by atoms with E-state index in [1.54, 1.807) is 0 Å². The lowest BCUT2D eigenvalue weighted by Gasteiger charge is -2.11. The van der Waals surface area contributed by atoms with E-state index >= 15 is 0 Å². The van der Waals surface area contributed by atoms with Crippen molar-refractivity contribution in [3.63, 3.8) is 0 Å². The van der Waals surface area contributed by atoms with Crippen LogP contribution in [0.3, 0.4) is 0 Å². The summed E-state index contributed by atoms with van der Waals surface area (Å²) >= 11 is 0. The third-order valence-corrected chi connectivity index (χ3v) is 2.09. The van der Waals surface area contributed by atoms with E-state index in [9.17, 15) is 0 Å². The van der Waals surface area contributed by atoms with Crippen molar-refractivity contribution >= 4 is 0 Å². The summed E-state index contributed by atoms with van der Waals surface area (Å²) in [6.45, 7) is 10.3. The van der Waals surface area contributed by atoms with E-state index in [4.69, 9.17) is 4.74 Å². The van der Waals surface area contributed by atoms with Gasteiger partial charge in [0.2, 0.25) is 0 Å². The molecule has 1 saturated carbocycles. The van der Waals surface area contributed by atoms with E-state index < -0.39 is 0 Å². The summed E-state index contributed by atoms with van der Waals surface area (Å²) in [5.74, 6) is 0.806. The zero-order valence-corrected chi connectivity index (χ0v) is 9.68. The molecular formula is C11H26O. The van der Waals surface area contributed by atoms with E-state index in [0.717, 1.165) is 5.92 Å². The van der Waals surface area contributed by atoms with Crippen LogP contribution in [0.1, 0.15) is 53.9 Å². The first-order chi connectivity index (χ1) is 5.84. The molecule has 0 bridgehead atoms. The molecule has 0 aromatic carbocycles. The van der Waals surface area contributed by atoms with E-state index in [1.165, 1.54) is 19.3 Å². The minimum atomic E-state index is 0.565. The average molecular weight is 174 g/mol. The maximum Gasteiger partial charge on any atom is 0.0596 e. The van der Waals surface area contributed by atoms with Crippen molar-refractivity contribution in [3.05, 3.63) is 0 Å². The van der Waals surface area contributed by atoms with Crippen molar-refractivity contribution in [2.75, 3.05) is 7.11 Å². The molecular weight excluding hydrogens is 148 g/mol. The van der Waals surface area contributed by atoms with Crippen molar-refractivity contribution in [2.45, 2.75) is 60.0 Å². The maximum absolute atomic E-state index is 5.22. The minimum absolute atomic E-state index is 0.565. The Hall–Kier alpha value is -0.0400. The highest BCUT2D eigenvalue weighted by Gasteiger charge is 2.21. The van der Waals surface area contributed by atoms with Crippen LogP contribution in [0.15, 0.2) is 0 Å². The molecule has 1 rings (SSSR count). The van der Waals surface area contributed by atoms with Crippen molar-refractivity contribution in [2.24, 2.45) is 5.92 Å². The molecule has 2 atom stereocenters. The molecule has 0 saturated heterocycles. The quantitative estimate of drug-likeness (QED) is 0.586. The minimum Gasteiger partial charge on any atom is -0.381 e. The molecule has 0 heterocycles. The lowest BCUT2D eigenvalue weighted by Crippen LogP contribution is -2.12. The molecule has 1 heteroatoms. The topological polar surface area (TPSA) is 9.23 Å². The highest BCUT2D eigenvalue weighted by molar-refractivity contribution is 4.73. The van der Waals surface area contributed by atoms with Gasteiger partial charge in [0.05, 0.1) is 6.10 Å². The Balaban J connectivity index is 0. The molecule has 12 heavy (non-hydrogen) atoms. The highest BCUT2D eigenvalue weighted by Crippen LogP contribution is 2.26. The van der Waals surface area contributed by atoms with Gasteiger partial charge in [0.1, 0.15) is 0 Å². The highest BCUT2D eigenvalue weighted by atomic mass is 16.5. The molecule has 76 valence electrons. The summed E-state index contributed by atoms with van der Waals surface area (Å²) in [7, 11) is 1.81. The Bertz CT molecular complexity index is 71.4. The standard InChI is InChI=1S/C7H14O.2C2H6/c1-6-4-3-5-7(6)8-2;2*1-2/h6-7H,3-5H2,1-2H3;2*1-2H3. The van der Waals surface area contributed by atoms with E-state index in [1.807, 2.05) is 34.8 Å². The first kappa shape index (κ1) is 14.5. The Kier molecular flexibility index (Phi) is 13.2. The van der Waals surface area contributed by atoms with Crippen LogP contribution in [0.25, 0.3) is 0 Å². The van der Waals surface area contributed by atoms with Gasteiger partial charge in [0.15, 0.2) is 0 Å². The Morgan fingerprint density at radius 2 is 1.50 bits per heavy atom. The fraction of sp³-hybridized carbons (Fsp3) is 1.00. The Morgan fingerprint density at radius 3 is 1.67 bits per heavy atom. The lowest BCUT2D eigenvalue weighted by atomic mass is 10.1. The Morgan fingerprint density at radius 1 is 1.00 bits per heavy atom. The molecule has 0 aromatic rings. The third-order valence-electron chi connectivity index (χ3n) is 2.09. The van der Waals surface area contributed by atoms with Crippen LogP contribution in [0.5, 0.6) is 0 Å². The van der Waals surface area contributed by atoms with Crippen molar-refractivity contribution in [1.82, 2.24) is 0 Å². The van der Waals surface area contributed by atoms with Gasteiger partial charge in [-0.15, -0.1) is 0 Å². The van der Waals surface area contributed by atoms with E-state index in [0.29, 0.717) is 6.10 Å². The van der Waals surface area contributed by atoms with Crippen LogP contribution in [0.2, 0.25) is 0 Å². The summed E-state index contributed by atoms with van der Waals surface area (Å²) < 4.78 is 5.22. The number of ether oxygens (including phenoxy) is 1. The summed E-state index contributed by atoms with van der Waals surface area (Å²) in [5, 5.41) is 0. The molecule has 0 aromatic heterocycles. The molecule has 0 radical (unpaired) electrons. The molecule has 1 aliphatic rings. The summed E-state index contributed by atoms with van der Waals surface area (Å²) in [6.07, 6.45) is 4.56. The monoisotopic (exact) mass is 174 g/mol. The molecule has 1 nitrogen and oxygen atoms in total. The maximum atomic E-state index is 5.22. The van der Waals surface area contributed by atoms with Crippen LogP contribution < -0.4 is 0 Å².